The molecule has 0 unspecified atom stereocenters. The number of hydrogen-bond donors (Lipinski definition) is 1. The second-order valence-corrected chi connectivity index (χ2v) is 5.93. The normalized spacial score (nSPS) is 15.0. The summed E-state index contributed by atoms with van der Waals surface area (Å²) in [6, 6.07) is 7.79. The molecule has 5 heteroatoms. The van der Waals surface area contributed by atoms with Crippen LogP contribution in [0.2, 0.25) is 0 Å². The summed E-state index contributed by atoms with van der Waals surface area (Å²) < 4.78 is 5.49. The Kier molecular flexibility index (Phi) is 6.65. The first-order valence-corrected chi connectivity index (χ1v) is 8.40. The summed E-state index contributed by atoms with van der Waals surface area (Å²) >= 11 is 5.31. The number of carbonyl (C=O) groups excluding carboxylic acids is 1. The molecule has 0 radical (unpaired) electrons. The SMILES string of the molecule is CCc1ccc(OCC(=O)NC(=S)N2CCCCCC2)cc1. The van der Waals surface area contributed by atoms with Gasteiger partial charge in [-0.15, -0.1) is 0 Å². The first-order chi connectivity index (χ1) is 10.7. The molecule has 1 aliphatic rings. The number of hydrogen-bond acceptors (Lipinski definition) is 3. The van der Waals surface area contributed by atoms with Gasteiger partial charge in [0, 0.05) is 13.1 Å². The monoisotopic (exact) mass is 320 g/mol. The molecule has 4 nitrogen and oxygen atoms in total. The largest absolute Gasteiger partial charge is 0.484 e. The van der Waals surface area contributed by atoms with Gasteiger partial charge in [0.15, 0.2) is 11.7 Å². The van der Waals surface area contributed by atoms with E-state index in [9.17, 15) is 4.79 Å². The summed E-state index contributed by atoms with van der Waals surface area (Å²) in [6.07, 6.45) is 5.74. The van der Waals surface area contributed by atoms with Crippen molar-refractivity contribution in [2.24, 2.45) is 0 Å². The van der Waals surface area contributed by atoms with Gasteiger partial charge in [-0.25, -0.2) is 0 Å². The fourth-order valence-electron chi connectivity index (χ4n) is 2.48. The molecule has 1 saturated heterocycles. The third-order valence-electron chi connectivity index (χ3n) is 3.84. The standard InChI is InChI=1S/C17H24N2O2S/c1-2-14-7-9-15(10-8-14)21-13-16(20)18-17(22)19-11-5-3-4-6-12-19/h7-10H,2-6,11-13H2,1H3,(H,18,20,22). The van der Waals surface area contributed by atoms with Gasteiger partial charge in [-0.05, 0) is 49.2 Å². The quantitative estimate of drug-likeness (QED) is 0.866. The van der Waals surface area contributed by atoms with Crippen LogP contribution in [0.1, 0.15) is 38.2 Å². The second kappa shape index (κ2) is 8.73. The number of benzene rings is 1. The van der Waals surface area contributed by atoms with Crippen LogP contribution >= 0.6 is 12.2 Å². The number of ether oxygens (including phenoxy) is 1. The van der Waals surface area contributed by atoms with E-state index in [0.717, 1.165) is 32.4 Å². The van der Waals surface area contributed by atoms with Crippen molar-refractivity contribution in [2.75, 3.05) is 19.7 Å². The van der Waals surface area contributed by atoms with Gasteiger partial charge >= 0.3 is 0 Å². The number of aryl methyl sites for hydroxylation is 1. The van der Waals surface area contributed by atoms with Crippen molar-refractivity contribution in [3.63, 3.8) is 0 Å². The molecular formula is C17H24N2O2S. The van der Waals surface area contributed by atoms with Crippen LogP contribution in [-0.4, -0.2) is 35.6 Å². The molecule has 120 valence electrons. The molecule has 0 aromatic heterocycles. The van der Waals surface area contributed by atoms with E-state index in [-0.39, 0.29) is 12.5 Å². The van der Waals surface area contributed by atoms with Crippen molar-refractivity contribution >= 4 is 23.2 Å². The highest BCUT2D eigenvalue weighted by Crippen LogP contribution is 2.12. The molecule has 0 spiro atoms. The van der Waals surface area contributed by atoms with Gasteiger partial charge in [-0.2, -0.15) is 0 Å². The zero-order valence-corrected chi connectivity index (χ0v) is 14.0. The van der Waals surface area contributed by atoms with Gasteiger partial charge in [0.2, 0.25) is 0 Å². The molecule has 1 aromatic rings. The van der Waals surface area contributed by atoms with E-state index in [0.29, 0.717) is 10.9 Å². The number of amides is 1. The van der Waals surface area contributed by atoms with Crippen LogP contribution < -0.4 is 10.1 Å². The molecule has 0 bridgehead atoms. The average molecular weight is 320 g/mol. The Bertz CT molecular complexity index is 494. The van der Waals surface area contributed by atoms with Gasteiger partial charge < -0.3 is 15.0 Å². The van der Waals surface area contributed by atoms with E-state index in [1.54, 1.807) is 0 Å². The fraction of sp³-hybridized carbons (Fsp3) is 0.529. The van der Waals surface area contributed by atoms with E-state index in [2.05, 4.69) is 17.1 Å². The lowest BCUT2D eigenvalue weighted by atomic mass is 10.2. The van der Waals surface area contributed by atoms with E-state index in [1.807, 2.05) is 24.3 Å². The second-order valence-electron chi connectivity index (χ2n) is 5.54. The maximum absolute atomic E-state index is 11.9. The minimum atomic E-state index is -0.200. The third kappa shape index (κ3) is 5.30. The average Bonchev–Trinajstić information content (AvgIpc) is 2.82. The molecule has 2 rings (SSSR count). The molecule has 1 heterocycles. The van der Waals surface area contributed by atoms with E-state index < -0.39 is 0 Å². The Morgan fingerprint density at radius 2 is 1.82 bits per heavy atom. The summed E-state index contributed by atoms with van der Waals surface area (Å²) in [6.45, 7) is 3.95. The Morgan fingerprint density at radius 1 is 1.18 bits per heavy atom. The lowest BCUT2D eigenvalue weighted by Crippen LogP contribution is -2.44. The van der Waals surface area contributed by atoms with Crippen molar-refractivity contribution in [3.8, 4) is 5.75 Å². The summed E-state index contributed by atoms with van der Waals surface area (Å²) in [5.74, 6) is 0.502. The molecule has 1 fully saturated rings. The molecule has 1 amide bonds. The number of thiocarbonyl (C=S) groups is 1. The molecule has 0 saturated carbocycles. The number of nitrogens with one attached hydrogen (secondary N) is 1. The molecule has 1 aliphatic heterocycles. The van der Waals surface area contributed by atoms with E-state index >= 15 is 0 Å². The predicted octanol–water partition coefficient (Wildman–Crippen LogP) is 2.90. The number of carbonyl (C=O) groups is 1. The summed E-state index contributed by atoms with van der Waals surface area (Å²) in [4.78, 5) is 14.0. The van der Waals surface area contributed by atoms with Crippen LogP contribution in [0.15, 0.2) is 24.3 Å². The first kappa shape index (κ1) is 16.7. The summed E-state index contributed by atoms with van der Waals surface area (Å²) in [7, 11) is 0. The highest BCUT2D eigenvalue weighted by Gasteiger charge is 2.14. The lowest BCUT2D eigenvalue weighted by Gasteiger charge is -2.23. The number of nitrogens with zero attached hydrogens (tertiary/aromatic N) is 1. The third-order valence-corrected chi connectivity index (χ3v) is 4.20. The van der Waals surface area contributed by atoms with Crippen molar-refractivity contribution in [1.29, 1.82) is 0 Å². The van der Waals surface area contributed by atoms with Gasteiger partial charge in [0.05, 0.1) is 0 Å². The van der Waals surface area contributed by atoms with Crippen LogP contribution in [-0.2, 0) is 11.2 Å². The smallest absolute Gasteiger partial charge is 0.264 e. The van der Waals surface area contributed by atoms with Crippen LogP contribution in [0.4, 0.5) is 0 Å². The summed E-state index contributed by atoms with van der Waals surface area (Å²) in [5.41, 5.74) is 1.25. The van der Waals surface area contributed by atoms with Crippen molar-refractivity contribution < 1.29 is 9.53 Å². The van der Waals surface area contributed by atoms with Crippen LogP contribution in [0.3, 0.4) is 0 Å². The Labute approximate surface area is 137 Å². The number of rotatable bonds is 4. The van der Waals surface area contributed by atoms with Crippen LogP contribution in [0.5, 0.6) is 5.75 Å². The molecular weight excluding hydrogens is 296 g/mol. The number of likely N-dealkylation sites (tertiary alicyclic amines) is 1. The van der Waals surface area contributed by atoms with Crippen LogP contribution in [0.25, 0.3) is 0 Å². The molecule has 1 aromatic carbocycles. The Hall–Kier alpha value is -1.62. The summed E-state index contributed by atoms with van der Waals surface area (Å²) in [5, 5.41) is 3.29. The zero-order valence-electron chi connectivity index (χ0n) is 13.1. The van der Waals surface area contributed by atoms with E-state index in [1.165, 1.54) is 18.4 Å². The van der Waals surface area contributed by atoms with Gasteiger partial charge in [-0.3, -0.25) is 4.79 Å². The molecule has 1 N–H and O–H groups in total. The van der Waals surface area contributed by atoms with Crippen molar-refractivity contribution in [2.45, 2.75) is 39.0 Å². The molecule has 0 aliphatic carbocycles. The van der Waals surface area contributed by atoms with Gasteiger partial charge in [-0.1, -0.05) is 31.9 Å². The minimum Gasteiger partial charge on any atom is -0.484 e. The topological polar surface area (TPSA) is 41.6 Å². The van der Waals surface area contributed by atoms with Crippen molar-refractivity contribution in [1.82, 2.24) is 10.2 Å². The molecule has 22 heavy (non-hydrogen) atoms. The lowest BCUT2D eigenvalue weighted by molar-refractivity contribution is -0.121. The minimum absolute atomic E-state index is 0.0144. The highest BCUT2D eigenvalue weighted by molar-refractivity contribution is 7.80. The predicted molar refractivity (Wildman–Crippen MR) is 92.1 cm³/mol. The van der Waals surface area contributed by atoms with Gasteiger partial charge in [0.1, 0.15) is 5.75 Å². The fourth-order valence-corrected chi connectivity index (χ4v) is 2.77. The van der Waals surface area contributed by atoms with Gasteiger partial charge in [0.25, 0.3) is 5.91 Å². The zero-order chi connectivity index (χ0) is 15.8. The Morgan fingerprint density at radius 3 is 2.41 bits per heavy atom. The highest BCUT2D eigenvalue weighted by atomic mass is 32.1. The maximum Gasteiger partial charge on any atom is 0.264 e. The molecule has 0 atom stereocenters. The van der Waals surface area contributed by atoms with Crippen molar-refractivity contribution in [3.05, 3.63) is 29.8 Å². The van der Waals surface area contributed by atoms with E-state index in [4.69, 9.17) is 17.0 Å². The Balaban J connectivity index is 1.75. The van der Waals surface area contributed by atoms with Crippen LogP contribution in [0, 0.1) is 0 Å². The maximum atomic E-state index is 11.9. The first-order valence-electron chi connectivity index (χ1n) is 7.99.